The summed E-state index contributed by atoms with van der Waals surface area (Å²) in [6.07, 6.45) is -2.51. The van der Waals surface area contributed by atoms with Gasteiger partial charge in [0.25, 0.3) is 0 Å². The Morgan fingerprint density at radius 1 is 1.22 bits per heavy atom. The number of aliphatic hydroxyl groups is 2. The third-order valence-electron chi connectivity index (χ3n) is 4.85. The molecule has 0 aliphatic carbocycles. The molecule has 32 heavy (non-hydrogen) atoms. The fraction of sp³-hybridized carbons (Fsp3) is 0.353. The van der Waals surface area contributed by atoms with Crippen molar-refractivity contribution in [2.45, 2.75) is 31.1 Å². The Morgan fingerprint density at radius 3 is 2.72 bits per heavy atom. The summed E-state index contributed by atoms with van der Waals surface area (Å²) < 4.78 is 22.8. The number of phosphoric acid groups is 1. The molecular weight excluding hydrogens is 513 g/mol. The maximum Gasteiger partial charge on any atom is 0.469 e. The van der Waals surface area contributed by atoms with Gasteiger partial charge in [0, 0.05) is 6.54 Å². The van der Waals surface area contributed by atoms with Gasteiger partial charge in [0.2, 0.25) is 0 Å². The Bertz CT molecular complexity index is 1170. The van der Waals surface area contributed by atoms with Crippen molar-refractivity contribution < 1.29 is 38.9 Å². The number of phenolic OH excluding ortho intramolecular Hbond substituents is 1. The summed E-state index contributed by atoms with van der Waals surface area (Å²) in [6, 6.07) is 5.05. The van der Waals surface area contributed by atoms with Crippen molar-refractivity contribution in [3.63, 3.8) is 0 Å². The summed E-state index contributed by atoms with van der Waals surface area (Å²) in [5, 5.41) is 33.3. The Kier molecular flexibility index (Phi) is 6.47. The molecule has 0 amide bonds. The van der Waals surface area contributed by atoms with Gasteiger partial charge in [-0.15, -0.1) is 0 Å². The average Bonchev–Trinajstić information content (AvgIpc) is 3.29. The van der Waals surface area contributed by atoms with Crippen LogP contribution in [0.2, 0.25) is 0 Å². The number of ether oxygens (including phenoxy) is 1. The number of aromatic nitrogens is 4. The summed E-state index contributed by atoms with van der Waals surface area (Å²) in [5.41, 5.74) is 1.55. The number of halogens is 1. The number of rotatable bonds is 7. The van der Waals surface area contributed by atoms with Gasteiger partial charge in [-0.1, -0.05) is 6.07 Å². The Hall–Kier alpha value is -2.16. The number of phosphoric ester groups is 1. The van der Waals surface area contributed by atoms with E-state index in [2.05, 4.69) is 40.7 Å². The molecule has 13 nitrogen and oxygen atoms in total. The highest BCUT2D eigenvalue weighted by Crippen LogP contribution is 2.39. The zero-order valence-corrected chi connectivity index (χ0v) is 18.7. The second kappa shape index (κ2) is 9.00. The molecule has 1 aliphatic rings. The molecule has 1 saturated heterocycles. The lowest BCUT2D eigenvalue weighted by atomic mass is 10.1. The van der Waals surface area contributed by atoms with Crippen molar-refractivity contribution in [1.82, 2.24) is 19.5 Å². The minimum atomic E-state index is -4.77. The van der Waals surface area contributed by atoms with Crippen LogP contribution in [0, 0.1) is 0 Å². The van der Waals surface area contributed by atoms with E-state index >= 15 is 0 Å². The summed E-state index contributed by atoms with van der Waals surface area (Å²) in [4.78, 5) is 30.3. The molecule has 1 aliphatic heterocycles. The zero-order valence-electron chi connectivity index (χ0n) is 16.2. The second-order valence-electron chi connectivity index (χ2n) is 7.02. The molecular formula is C17H19BrN5O8P. The van der Waals surface area contributed by atoms with E-state index in [0.717, 1.165) is 5.56 Å². The molecule has 172 valence electrons. The lowest BCUT2D eigenvalue weighted by molar-refractivity contribution is -0.0504. The fourth-order valence-electron chi connectivity index (χ4n) is 3.28. The Morgan fingerprint density at radius 2 is 2.00 bits per heavy atom. The van der Waals surface area contributed by atoms with Crippen LogP contribution in [0.4, 0.5) is 5.82 Å². The fourth-order valence-corrected chi connectivity index (χ4v) is 4.05. The van der Waals surface area contributed by atoms with E-state index < -0.39 is 39.0 Å². The lowest BCUT2D eigenvalue weighted by Crippen LogP contribution is -2.33. The lowest BCUT2D eigenvalue weighted by Gasteiger charge is -2.16. The first-order valence-corrected chi connectivity index (χ1v) is 11.6. The van der Waals surface area contributed by atoms with Crippen molar-refractivity contribution in [3.05, 3.63) is 40.9 Å². The number of imidazole rings is 1. The number of nitrogens with zero attached hydrogens (tertiary/aromatic N) is 4. The normalized spacial score (nSPS) is 23.7. The first-order valence-electron chi connectivity index (χ1n) is 9.24. The van der Waals surface area contributed by atoms with Crippen molar-refractivity contribution in [1.29, 1.82) is 0 Å². The highest BCUT2D eigenvalue weighted by Gasteiger charge is 2.45. The molecule has 0 unspecified atom stereocenters. The summed E-state index contributed by atoms with van der Waals surface area (Å²) in [6.45, 7) is -0.240. The van der Waals surface area contributed by atoms with Gasteiger partial charge >= 0.3 is 7.82 Å². The summed E-state index contributed by atoms with van der Waals surface area (Å²) >= 11 is 3.26. The third kappa shape index (κ3) is 4.77. The van der Waals surface area contributed by atoms with Crippen LogP contribution in [0.5, 0.6) is 5.75 Å². The van der Waals surface area contributed by atoms with Crippen LogP contribution >= 0.6 is 23.8 Å². The highest BCUT2D eigenvalue weighted by atomic mass is 79.9. The molecule has 3 heterocycles. The molecule has 4 atom stereocenters. The molecule has 15 heteroatoms. The number of aromatic hydroxyl groups is 1. The van der Waals surface area contributed by atoms with Crippen LogP contribution < -0.4 is 5.32 Å². The van der Waals surface area contributed by atoms with E-state index in [1.54, 1.807) is 18.2 Å². The monoisotopic (exact) mass is 531 g/mol. The van der Waals surface area contributed by atoms with E-state index in [0.29, 0.717) is 28.0 Å². The van der Waals surface area contributed by atoms with Crippen molar-refractivity contribution >= 4 is 40.7 Å². The van der Waals surface area contributed by atoms with Crippen LogP contribution in [0.25, 0.3) is 11.2 Å². The van der Waals surface area contributed by atoms with Gasteiger partial charge in [-0.3, -0.25) is 9.09 Å². The van der Waals surface area contributed by atoms with E-state index in [1.165, 1.54) is 17.2 Å². The first kappa shape index (κ1) is 23.0. The highest BCUT2D eigenvalue weighted by molar-refractivity contribution is 9.10. The van der Waals surface area contributed by atoms with Crippen LogP contribution in [-0.2, 0) is 20.4 Å². The Labute approximate surface area is 189 Å². The number of phenols is 1. The predicted molar refractivity (Wildman–Crippen MR) is 112 cm³/mol. The van der Waals surface area contributed by atoms with Gasteiger partial charge < -0.3 is 35.2 Å². The van der Waals surface area contributed by atoms with Crippen LogP contribution in [0.3, 0.4) is 0 Å². The van der Waals surface area contributed by atoms with E-state index in [-0.39, 0.29) is 5.75 Å². The maximum atomic E-state index is 10.9. The second-order valence-corrected chi connectivity index (χ2v) is 9.11. The summed E-state index contributed by atoms with van der Waals surface area (Å²) in [5.74, 6) is 0.533. The van der Waals surface area contributed by atoms with E-state index in [4.69, 9.17) is 14.5 Å². The number of hydrogen-bond donors (Lipinski definition) is 6. The molecule has 3 aromatic rings. The molecule has 1 fully saturated rings. The van der Waals surface area contributed by atoms with Crippen LogP contribution in [0.15, 0.2) is 35.3 Å². The predicted octanol–water partition coefficient (Wildman–Crippen LogP) is 0.635. The van der Waals surface area contributed by atoms with Gasteiger partial charge in [0.15, 0.2) is 23.2 Å². The number of nitrogens with one attached hydrogen (secondary N) is 1. The largest absolute Gasteiger partial charge is 0.507 e. The zero-order chi connectivity index (χ0) is 23.0. The molecule has 0 spiro atoms. The number of anilines is 1. The van der Waals surface area contributed by atoms with Gasteiger partial charge in [0.1, 0.15) is 30.4 Å². The molecule has 0 saturated carbocycles. The van der Waals surface area contributed by atoms with E-state index in [1.807, 2.05) is 0 Å². The number of hydrogen-bond acceptors (Lipinski definition) is 10. The standard InChI is InChI=1S/C17H19BrN5O8P/c18-9-3-8(1-2-10(9)24)4-19-15-12-16(21-6-20-15)23(7-22-12)17-14(26)13(25)11(31-17)5-30-32(27,28)29/h1-3,6-7,11,13-14,17,24-26H,4-5H2,(H,19,20,21)(H2,27,28,29)/t11-,13-,14-,17-/m1/s1. The molecule has 0 bridgehead atoms. The minimum Gasteiger partial charge on any atom is -0.507 e. The Balaban J connectivity index is 1.53. The van der Waals surface area contributed by atoms with Crippen molar-refractivity contribution in [2.75, 3.05) is 11.9 Å². The summed E-state index contributed by atoms with van der Waals surface area (Å²) in [7, 11) is -4.77. The van der Waals surface area contributed by atoms with Gasteiger partial charge in [-0.05, 0) is 33.6 Å². The van der Waals surface area contributed by atoms with Crippen molar-refractivity contribution in [2.24, 2.45) is 0 Å². The number of aliphatic hydroxyl groups excluding tert-OH is 2. The van der Waals surface area contributed by atoms with Gasteiger partial charge in [0.05, 0.1) is 17.4 Å². The number of fused-ring (bicyclic) bond motifs is 1. The molecule has 2 aromatic heterocycles. The van der Waals surface area contributed by atoms with Gasteiger partial charge in [-0.25, -0.2) is 19.5 Å². The third-order valence-corrected chi connectivity index (χ3v) is 5.97. The first-order chi connectivity index (χ1) is 15.1. The van der Waals surface area contributed by atoms with Crippen LogP contribution in [0.1, 0.15) is 11.8 Å². The van der Waals surface area contributed by atoms with E-state index in [9.17, 15) is 19.9 Å². The quantitative estimate of drug-likeness (QED) is 0.233. The number of benzene rings is 1. The maximum absolute atomic E-state index is 10.9. The molecule has 0 radical (unpaired) electrons. The average molecular weight is 532 g/mol. The SMILES string of the molecule is O=P(O)(O)OC[C@H]1O[C@@H](n2cnc3c(NCc4ccc(O)c(Br)c4)ncnc32)[C@H](O)[C@@H]1O. The topological polar surface area (TPSA) is 192 Å². The smallest absolute Gasteiger partial charge is 0.469 e. The molecule has 4 rings (SSSR count). The molecule has 6 N–H and O–H groups in total. The molecule has 1 aromatic carbocycles. The minimum absolute atomic E-state index is 0.124. The van der Waals surface area contributed by atoms with Gasteiger partial charge in [-0.2, -0.15) is 0 Å². The van der Waals surface area contributed by atoms with Crippen molar-refractivity contribution in [3.8, 4) is 5.75 Å². The van der Waals surface area contributed by atoms with Crippen LogP contribution in [-0.4, -0.2) is 69.5 Å².